The average Bonchev–Trinajstić information content (AvgIpc) is 3.41. The lowest BCUT2D eigenvalue weighted by atomic mass is 10.0. The molecule has 11 heteroatoms. The van der Waals surface area contributed by atoms with Crippen LogP contribution in [0.5, 0.6) is 0 Å². The van der Waals surface area contributed by atoms with Gasteiger partial charge in [-0.3, -0.25) is 19.4 Å². The van der Waals surface area contributed by atoms with Crippen LogP contribution in [0.2, 0.25) is 0 Å². The molecule has 2 saturated heterocycles. The molecule has 1 aromatic heterocycles. The number of rotatable bonds is 8. The Hall–Kier alpha value is -3.31. The van der Waals surface area contributed by atoms with E-state index in [-0.39, 0.29) is 41.4 Å². The highest BCUT2D eigenvalue weighted by Gasteiger charge is 2.53. The van der Waals surface area contributed by atoms with Crippen LogP contribution in [-0.2, 0) is 19.6 Å². The molecule has 0 spiro atoms. The van der Waals surface area contributed by atoms with Gasteiger partial charge in [0.25, 0.3) is 5.91 Å². The van der Waals surface area contributed by atoms with E-state index in [0.717, 1.165) is 0 Å². The minimum atomic E-state index is -3.86. The molecule has 10 nitrogen and oxygen atoms in total. The predicted molar refractivity (Wildman–Crippen MR) is 129 cm³/mol. The maximum Gasteiger partial charge on any atom is 0.251 e. The number of benzene rings is 1. The first-order chi connectivity index (χ1) is 16.7. The Morgan fingerprint density at radius 1 is 1.17 bits per heavy atom. The van der Waals surface area contributed by atoms with Gasteiger partial charge in [-0.1, -0.05) is 6.92 Å². The monoisotopic (exact) mass is 499 g/mol. The fraction of sp³-hybridized carbons (Fsp3) is 0.417. The minimum absolute atomic E-state index is 0.0265. The Balaban J connectivity index is 1.31. The number of hydrogen-bond donors (Lipinski definition) is 2. The number of ketones is 1. The number of aromatic nitrogens is 1. The number of carbonyl (C=O) groups excluding carboxylic acids is 3. The molecule has 4 rings (SSSR count). The highest BCUT2D eigenvalue weighted by atomic mass is 32.2. The van der Waals surface area contributed by atoms with Crippen LogP contribution in [0.25, 0.3) is 0 Å². The molecular formula is C24H29N5O5S. The third kappa shape index (κ3) is 5.20. The molecular weight excluding hydrogens is 470 g/mol. The molecule has 3 unspecified atom stereocenters. The number of likely N-dealkylation sites (tertiary alicyclic amines) is 1. The van der Waals surface area contributed by atoms with Crippen LogP contribution < -0.4 is 11.1 Å². The molecule has 1 aromatic carbocycles. The smallest absolute Gasteiger partial charge is 0.251 e. The molecule has 0 aliphatic carbocycles. The number of nitrogens with zero attached hydrogens (tertiary/aromatic N) is 3. The van der Waals surface area contributed by atoms with Gasteiger partial charge in [0.1, 0.15) is 6.04 Å². The lowest BCUT2D eigenvalue weighted by molar-refractivity contribution is -0.137. The summed E-state index contributed by atoms with van der Waals surface area (Å²) in [5, 5.41) is 2.84. The lowest BCUT2D eigenvalue weighted by Crippen LogP contribution is -2.44. The second kappa shape index (κ2) is 10.1. The van der Waals surface area contributed by atoms with Gasteiger partial charge in [0.2, 0.25) is 15.9 Å². The number of nitrogen functional groups attached to an aromatic ring is 1. The number of hydrogen-bond acceptors (Lipinski definition) is 7. The molecule has 0 bridgehead atoms. The molecule has 186 valence electrons. The zero-order valence-corrected chi connectivity index (χ0v) is 20.3. The maximum atomic E-state index is 13.1. The van der Waals surface area contributed by atoms with E-state index in [1.54, 1.807) is 24.3 Å². The molecule has 3 atom stereocenters. The van der Waals surface area contributed by atoms with Crippen molar-refractivity contribution in [2.45, 2.75) is 43.2 Å². The number of amides is 2. The summed E-state index contributed by atoms with van der Waals surface area (Å²) in [4.78, 5) is 43.5. The first-order valence-electron chi connectivity index (χ1n) is 11.6. The second-order valence-corrected chi connectivity index (χ2v) is 11.0. The Morgan fingerprint density at radius 2 is 1.86 bits per heavy atom. The summed E-state index contributed by atoms with van der Waals surface area (Å²) in [6, 6.07) is 8.12. The standard InChI is InChI=1S/C24H29N5O5S/c1-16(6-12-27-24(32)17-2-4-18(25)5-3-17)14-22(31)28-13-9-20-23(28)21(30)15-29(20)35(33,34)19-7-10-26-11-8-19/h2-5,7-8,10-11,16,20,23H,6,9,12-15,25H2,1H3,(H,27,32). The van der Waals surface area contributed by atoms with Gasteiger partial charge in [-0.15, -0.1) is 0 Å². The van der Waals surface area contributed by atoms with Crippen LogP contribution in [0.15, 0.2) is 53.7 Å². The van der Waals surface area contributed by atoms with E-state index in [1.807, 2.05) is 6.92 Å². The van der Waals surface area contributed by atoms with Crippen molar-refractivity contribution in [3.05, 3.63) is 54.4 Å². The average molecular weight is 500 g/mol. The highest BCUT2D eigenvalue weighted by Crippen LogP contribution is 2.34. The maximum absolute atomic E-state index is 13.1. The normalized spacial score (nSPS) is 21.1. The van der Waals surface area contributed by atoms with Crippen molar-refractivity contribution in [2.24, 2.45) is 5.92 Å². The quantitative estimate of drug-likeness (QED) is 0.517. The first kappa shape index (κ1) is 24.8. The van der Waals surface area contributed by atoms with Crippen LogP contribution in [-0.4, -0.2) is 71.9 Å². The molecule has 2 amide bonds. The topological polar surface area (TPSA) is 143 Å². The highest BCUT2D eigenvalue weighted by molar-refractivity contribution is 7.89. The fourth-order valence-corrected chi connectivity index (χ4v) is 6.32. The number of nitrogens with two attached hydrogens (primary N) is 1. The van der Waals surface area contributed by atoms with E-state index in [1.165, 1.54) is 33.7 Å². The van der Waals surface area contributed by atoms with Crippen molar-refractivity contribution in [1.29, 1.82) is 0 Å². The van der Waals surface area contributed by atoms with Crippen LogP contribution in [0.4, 0.5) is 5.69 Å². The minimum Gasteiger partial charge on any atom is -0.399 e. The van der Waals surface area contributed by atoms with Gasteiger partial charge >= 0.3 is 0 Å². The molecule has 2 aromatic rings. The Morgan fingerprint density at radius 3 is 2.54 bits per heavy atom. The summed E-state index contributed by atoms with van der Waals surface area (Å²) >= 11 is 0. The largest absolute Gasteiger partial charge is 0.399 e. The summed E-state index contributed by atoms with van der Waals surface area (Å²) in [5.41, 5.74) is 6.73. The number of Topliss-reactive ketones (excluding diaryl/α,β-unsaturated/α-hetero) is 1. The molecule has 35 heavy (non-hydrogen) atoms. The van der Waals surface area contributed by atoms with E-state index < -0.39 is 22.1 Å². The lowest BCUT2D eigenvalue weighted by Gasteiger charge is -2.25. The van der Waals surface area contributed by atoms with Crippen LogP contribution >= 0.6 is 0 Å². The molecule has 2 aliphatic rings. The molecule has 2 fully saturated rings. The number of nitrogens with one attached hydrogen (secondary N) is 1. The molecule has 0 radical (unpaired) electrons. The Bertz CT molecular complexity index is 1200. The number of anilines is 1. The fourth-order valence-electron chi connectivity index (χ4n) is 4.70. The van der Waals surface area contributed by atoms with Gasteiger partial charge in [0.05, 0.1) is 17.5 Å². The first-order valence-corrected chi connectivity index (χ1v) is 13.0. The van der Waals surface area contributed by atoms with E-state index in [4.69, 9.17) is 5.73 Å². The number of sulfonamides is 1. The molecule has 3 heterocycles. The predicted octanol–water partition coefficient (Wildman–Crippen LogP) is 1.05. The zero-order valence-electron chi connectivity index (χ0n) is 19.5. The summed E-state index contributed by atoms with van der Waals surface area (Å²) in [7, 11) is -3.86. The number of carbonyl (C=O) groups is 3. The van der Waals surface area contributed by atoms with E-state index in [0.29, 0.717) is 37.2 Å². The van der Waals surface area contributed by atoms with Crippen LogP contribution in [0, 0.1) is 5.92 Å². The summed E-state index contributed by atoms with van der Waals surface area (Å²) in [5.74, 6) is -0.673. The summed E-state index contributed by atoms with van der Waals surface area (Å²) in [6.45, 7) is 2.41. The third-order valence-electron chi connectivity index (χ3n) is 6.57. The summed E-state index contributed by atoms with van der Waals surface area (Å²) in [6.07, 6.45) is 4.01. The Kier molecular flexibility index (Phi) is 7.18. The van der Waals surface area contributed by atoms with Gasteiger partial charge < -0.3 is 16.0 Å². The van der Waals surface area contributed by atoms with Crippen molar-refractivity contribution in [2.75, 3.05) is 25.4 Å². The van der Waals surface area contributed by atoms with Gasteiger partial charge in [-0.05, 0) is 55.2 Å². The van der Waals surface area contributed by atoms with Gasteiger partial charge in [0, 0.05) is 43.2 Å². The Labute approximate surface area is 204 Å². The second-order valence-electron chi connectivity index (χ2n) is 9.06. The van der Waals surface area contributed by atoms with Gasteiger partial charge in [-0.2, -0.15) is 4.31 Å². The van der Waals surface area contributed by atoms with Gasteiger partial charge in [0.15, 0.2) is 5.78 Å². The van der Waals surface area contributed by atoms with Crippen molar-refractivity contribution >= 4 is 33.3 Å². The van der Waals surface area contributed by atoms with Crippen molar-refractivity contribution in [3.63, 3.8) is 0 Å². The SMILES string of the molecule is CC(CCNC(=O)c1ccc(N)cc1)CC(=O)N1CCC2C1C(=O)CN2S(=O)(=O)c1ccncc1. The van der Waals surface area contributed by atoms with Crippen LogP contribution in [0.1, 0.15) is 36.5 Å². The number of pyridine rings is 1. The van der Waals surface area contributed by atoms with Gasteiger partial charge in [-0.25, -0.2) is 8.42 Å². The zero-order chi connectivity index (χ0) is 25.2. The summed E-state index contributed by atoms with van der Waals surface area (Å²) < 4.78 is 27.4. The van der Waals surface area contributed by atoms with Crippen molar-refractivity contribution in [3.8, 4) is 0 Å². The number of fused-ring (bicyclic) bond motifs is 1. The van der Waals surface area contributed by atoms with Crippen molar-refractivity contribution in [1.82, 2.24) is 19.5 Å². The molecule has 3 N–H and O–H groups in total. The van der Waals surface area contributed by atoms with E-state index in [2.05, 4.69) is 10.3 Å². The molecule has 0 saturated carbocycles. The van der Waals surface area contributed by atoms with E-state index in [9.17, 15) is 22.8 Å². The molecule has 2 aliphatic heterocycles. The van der Waals surface area contributed by atoms with E-state index >= 15 is 0 Å². The third-order valence-corrected chi connectivity index (χ3v) is 8.46. The van der Waals surface area contributed by atoms with Crippen molar-refractivity contribution < 1.29 is 22.8 Å². The van der Waals surface area contributed by atoms with Crippen LogP contribution in [0.3, 0.4) is 0 Å².